The Balaban J connectivity index is 1.24. The van der Waals surface area contributed by atoms with Crippen LogP contribution >= 0.6 is 0 Å². The van der Waals surface area contributed by atoms with E-state index in [0.717, 1.165) is 38.5 Å². The van der Waals surface area contributed by atoms with Crippen LogP contribution in [0.4, 0.5) is 11.4 Å². The van der Waals surface area contributed by atoms with Gasteiger partial charge in [0.05, 0.1) is 36.3 Å². The smallest absolute Gasteiger partial charge is 0.251 e. The van der Waals surface area contributed by atoms with E-state index in [4.69, 9.17) is 0 Å². The van der Waals surface area contributed by atoms with Gasteiger partial charge < -0.3 is 10.6 Å². The van der Waals surface area contributed by atoms with Crippen LogP contribution in [0.2, 0.25) is 0 Å². The molecular formula is C28H38N4O4. The molecule has 0 unspecified atom stereocenters. The number of amides is 4. The average Bonchev–Trinajstić information content (AvgIpc) is 3.30. The lowest BCUT2D eigenvalue weighted by Gasteiger charge is -2.31. The summed E-state index contributed by atoms with van der Waals surface area (Å²) in [6, 6.07) is 6.13. The molecule has 2 saturated carbocycles. The van der Waals surface area contributed by atoms with E-state index in [0.29, 0.717) is 23.2 Å². The van der Waals surface area contributed by atoms with Gasteiger partial charge in [0.25, 0.3) is 11.8 Å². The van der Waals surface area contributed by atoms with E-state index in [2.05, 4.69) is 24.5 Å². The third-order valence-electron chi connectivity index (χ3n) is 8.71. The minimum Gasteiger partial charge on any atom is -0.302 e. The minimum absolute atomic E-state index is 0.153. The monoisotopic (exact) mass is 494 g/mol. The summed E-state index contributed by atoms with van der Waals surface area (Å²) in [5, 5.41) is 6.88. The zero-order valence-electron chi connectivity index (χ0n) is 21.4. The number of carbonyl (C=O) groups excluding carboxylic acids is 4. The van der Waals surface area contributed by atoms with E-state index in [9.17, 15) is 19.2 Å². The highest BCUT2D eigenvalue weighted by atomic mass is 16.2. The fourth-order valence-corrected chi connectivity index (χ4v) is 6.46. The van der Waals surface area contributed by atoms with E-state index in [1.165, 1.54) is 22.6 Å². The third kappa shape index (κ3) is 4.85. The van der Waals surface area contributed by atoms with Crippen LogP contribution in [0.5, 0.6) is 0 Å². The SMILES string of the molecule is C[C@@H]1CCCC[C@@H]1N[C@@H]1CC(=O)N(c2ccc(N3C(=O)C[C@H](N[C@@H]4CCCC[C@@H]4C)C3=O)cc2)C1=O. The van der Waals surface area contributed by atoms with Crippen molar-refractivity contribution in [3.63, 3.8) is 0 Å². The molecule has 36 heavy (non-hydrogen) atoms. The van der Waals surface area contributed by atoms with Crippen LogP contribution in [-0.4, -0.2) is 47.8 Å². The first-order chi connectivity index (χ1) is 17.3. The Morgan fingerprint density at radius 3 is 1.33 bits per heavy atom. The number of imide groups is 2. The minimum atomic E-state index is -0.501. The standard InChI is InChI=1S/C28H38N4O4/c1-17-7-3-5-9-21(17)29-23-15-25(33)31(27(23)35)19-11-13-20(14-12-19)32-26(34)16-24(28(32)36)30-22-10-6-4-8-18(22)2/h11-14,17-18,21-24,29-30H,3-10,15-16H2,1-2H3/t17-,18+,21+,22-,23-,24+. The van der Waals surface area contributed by atoms with Gasteiger partial charge in [-0.15, -0.1) is 0 Å². The Hall–Kier alpha value is -2.58. The lowest BCUT2D eigenvalue weighted by Crippen LogP contribution is -2.47. The lowest BCUT2D eigenvalue weighted by molar-refractivity contribution is -0.123. The average molecular weight is 495 g/mol. The Morgan fingerprint density at radius 1 is 0.611 bits per heavy atom. The summed E-state index contributed by atoms with van der Waals surface area (Å²) < 4.78 is 0. The predicted molar refractivity (Wildman–Crippen MR) is 137 cm³/mol. The zero-order chi connectivity index (χ0) is 25.4. The van der Waals surface area contributed by atoms with Crippen LogP contribution in [0.25, 0.3) is 0 Å². The molecule has 4 aliphatic rings. The molecule has 194 valence electrons. The molecule has 5 rings (SSSR count). The van der Waals surface area contributed by atoms with Crippen LogP contribution in [0.15, 0.2) is 24.3 Å². The quantitative estimate of drug-likeness (QED) is 0.589. The van der Waals surface area contributed by atoms with Crippen molar-refractivity contribution in [2.24, 2.45) is 11.8 Å². The fraction of sp³-hybridized carbons (Fsp3) is 0.643. The molecule has 6 atom stereocenters. The number of benzene rings is 1. The molecule has 0 bridgehead atoms. The molecule has 0 spiro atoms. The van der Waals surface area contributed by atoms with Crippen molar-refractivity contribution in [2.75, 3.05) is 9.80 Å². The van der Waals surface area contributed by atoms with Crippen molar-refractivity contribution in [1.82, 2.24) is 10.6 Å². The van der Waals surface area contributed by atoms with Gasteiger partial charge in [0.1, 0.15) is 0 Å². The van der Waals surface area contributed by atoms with Crippen molar-refractivity contribution < 1.29 is 19.2 Å². The van der Waals surface area contributed by atoms with Gasteiger partial charge in [-0.25, -0.2) is 9.80 Å². The molecule has 2 aliphatic heterocycles. The van der Waals surface area contributed by atoms with Gasteiger partial charge >= 0.3 is 0 Å². The number of hydrogen-bond donors (Lipinski definition) is 2. The Morgan fingerprint density at radius 2 is 0.972 bits per heavy atom. The number of nitrogens with zero attached hydrogens (tertiary/aromatic N) is 2. The molecule has 1 aromatic carbocycles. The molecule has 2 heterocycles. The van der Waals surface area contributed by atoms with Crippen molar-refractivity contribution in [2.45, 2.75) is 102 Å². The van der Waals surface area contributed by atoms with Gasteiger partial charge in [-0.1, -0.05) is 39.5 Å². The highest BCUT2D eigenvalue weighted by molar-refractivity contribution is 6.24. The van der Waals surface area contributed by atoms with Crippen molar-refractivity contribution >= 4 is 35.0 Å². The third-order valence-corrected chi connectivity index (χ3v) is 8.71. The maximum atomic E-state index is 13.1. The molecule has 8 heteroatoms. The van der Waals surface area contributed by atoms with Crippen LogP contribution < -0.4 is 20.4 Å². The van der Waals surface area contributed by atoms with Crippen LogP contribution in [0, 0.1) is 11.8 Å². The fourth-order valence-electron chi connectivity index (χ4n) is 6.46. The van der Waals surface area contributed by atoms with Gasteiger partial charge in [-0.3, -0.25) is 19.2 Å². The molecule has 1 aromatic rings. The van der Waals surface area contributed by atoms with Gasteiger partial charge in [-0.2, -0.15) is 0 Å². The molecule has 2 saturated heterocycles. The molecular weight excluding hydrogens is 456 g/mol. The predicted octanol–water partition coefficient (Wildman–Crippen LogP) is 3.29. The first-order valence-electron chi connectivity index (χ1n) is 13.7. The van der Waals surface area contributed by atoms with Crippen LogP contribution in [0.3, 0.4) is 0 Å². The van der Waals surface area contributed by atoms with Crippen LogP contribution in [-0.2, 0) is 19.2 Å². The van der Waals surface area contributed by atoms with Gasteiger partial charge in [0.15, 0.2) is 0 Å². The summed E-state index contributed by atoms with van der Waals surface area (Å²) in [5.74, 6) is 0.0607. The normalized spacial score (nSPS) is 33.6. The van der Waals surface area contributed by atoms with E-state index in [1.54, 1.807) is 24.3 Å². The highest BCUT2D eigenvalue weighted by Crippen LogP contribution is 2.31. The van der Waals surface area contributed by atoms with Crippen molar-refractivity contribution in [3.8, 4) is 0 Å². The van der Waals surface area contributed by atoms with E-state index in [-0.39, 0.29) is 48.6 Å². The molecule has 4 amide bonds. The molecule has 2 aliphatic carbocycles. The summed E-state index contributed by atoms with van der Waals surface area (Å²) in [6.45, 7) is 4.40. The summed E-state index contributed by atoms with van der Waals surface area (Å²) >= 11 is 0. The second-order valence-electron chi connectivity index (χ2n) is 11.2. The van der Waals surface area contributed by atoms with Gasteiger partial charge in [-0.05, 0) is 61.8 Å². The number of carbonyl (C=O) groups is 4. The largest absolute Gasteiger partial charge is 0.302 e. The maximum Gasteiger partial charge on any atom is 0.251 e. The molecule has 0 radical (unpaired) electrons. The molecule has 0 aromatic heterocycles. The van der Waals surface area contributed by atoms with Gasteiger partial charge in [0, 0.05) is 12.1 Å². The second kappa shape index (κ2) is 10.4. The topological polar surface area (TPSA) is 98.8 Å². The van der Waals surface area contributed by atoms with Crippen molar-refractivity contribution in [3.05, 3.63) is 24.3 Å². The lowest BCUT2D eigenvalue weighted by atomic mass is 9.85. The Labute approximate surface area is 213 Å². The zero-order valence-corrected chi connectivity index (χ0v) is 21.4. The summed E-state index contributed by atoms with van der Waals surface area (Å²) in [6.07, 6.45) is 9.37. The number of anilines is 2. The number of rotatable bonds is 6. The van der Waals surface area contributed by atoms with E-state index in [1.807, 2.05) is 0 Å². The molecule has 4 fully saturated rings. The second-order valence-corrected chi connectivity index (χ2v) is 11.2. The van der Waals surface area contributed by atoms with Crippen molar-refractivity contribution in [1.29, 1.82) is 0 Å². The first-order valence-corrected chi connectivity index (χ1v) is 13.7. The van der Waals surface area contributed by atoms with Gasteiger partial charge in [0.2, 0.25) is 11.8 Å². The highest BCUT2D eigenvalue weighted by Gasteiger charge is 2.43. The Kier molecular flexibility index (Phi) is 7.26. The van der Waals surface area contributed by atoms with Crippen LogP contribution in [0.1, 0.15) is 78.1 Å². The first kappa shape index (κ1) is 25.1. The summed E-state index contributed by atoms with van der Waals surface area (Å²) in [4.78, 5) is 54.2. The van der Waals surface area contributed by atoms with E-state index < -0.39 is 12.1 Å². The summed E-state index contributed by atoms with van der Waals surface area (Å²) in [5.41, 5.74) is 0.944. The van der Waals surface area contributed by atoms with E-state index >= 15 is 0 Å². The maximum absolute atomic E-state index is 13.1. The molecule has 2 N–H and O–H groups in total. The molecule has 8 nitrogen and oxygen atoms in total. The Bertz CT molecular complexity index is 944. The number of hydrogen-bond acceptors (Lipinski definition) is 6. The number of nitrogens with one attached hydrogen (secondary N) is 2. The summed E-state index contributed by atoms with van der Waals surface area (Å²) in [7, 11) is 0.